The Kier molecular flexibility index (Phi) is 4.10. The van der Waals surface area contributed by atoms with E-state index in [1.165, 1.54) is 18.4 Å². The molecule has 0 bridgehead atoms. The van der Waals surface area contributed by atoms with Gasteiger partial charge >= 0.3 is 0 Å². The first-order valence-corrected chi connectivity index (χ1v) is 8.47. The van der Waals surface area contributed by atoms with Crippen LogP contribution < -0.4 is 4.74 Å². The summed E-state index contributed by atoms with van der Waals surface area (Å²) in [6, 6.07) is 6.38. The van der Waals surface area contributed by atoms with Crippen LogP contribution in [-0.2, 0) is 0 Å². The third-order valence-electron chi connectivity index (χ3n) is 4.67. The van der Waals surface area contributed by atoms with Gasteiger partial charge in [-0.05, 0) is 42.7 Å². The number of halogens is 1. The van der Waals surface area contributed by atoms with Gasteiger partial charge in [0.2, 0.25) is 0 Å². The monoisotopic (exact) mass is 329 g/mol. The van der Waals surface area contributed by atoms with Gasteiger partial charge in [-0.15, -0.1) is 0 Å². The van der Waals surface area contributed by atoms with Crippen LogP contribution in [0.5, 0.6) is 5.75 Å². The lowest BCUT2D eigenvalue weighted by Gasteiger charge is -2.33. The molecule has 0 aliphatic carbocycles. The number of nitrogens with zero attached hydrogens (tertiary/aromatic N) is 3. The fourth-order valence-corrected chi connectivity index (χ4v) is 3.62. The van der Waals surface area contributed by atoms with Crippen molar-refractivity contribution in [1.29, 1.82) is 0 Å². The van der Waals surface area contributed by atoms with Crippen molar-refractivity contribution in [3.8, 4) is 5.75 Å². The molecule has 4 rings (SSSR count). The summed E-state index contributed by atoms with van der Waals surface area (Å²) in [5.74, 6) is 0.928. The highest BCUT2D eigenvalue weighted by Gasteiger charge is 2.22. The van der Waals surface area contributed by atoms with Crippen LogP contribution in [0.2, 0.25) is 5.02 Å². The molecule has 0 atom stereocenters. The van der Waals surface area contributed by atoms with Gasteiger partial charge in [0.15, 0.2) is 0 Å². The molecule has 120 valence electrons. The molecule has 0 saturated carbocycles. The molecule has 2 aliphatic heterocycles. The Labute approximate surface area is 141 Å². The van der Waals surface area contributed by atoms with Crippen LogP contribution in [0.25, 0.3) is 6.08 Å². The zero-order chi connectivity index (χ0) is 15.6. The van der Waals surface area contributed by atoms with Gasteiger partial charge in [-0.3, -0.25) is 4.90 Å². The van der Waals surface area contributed by atoms with Crippen molar-refractivity contribution < 1.29 is 4.74 Å². The first kappa shape index (κ1) is 14.8. The molecular formula is C18H20ClN3O. The minimum Gasteiger partial charge on any atom is -0.489 e. The summed E-state index contributed by atoms with van der Waals surface area (Å²) in [6.45, 7) is 3.88. The summed E-state index contributed by atoms with van der Waals surface area (Å²) in [6.07, 6.45) is 10.4. The van der Waals surface area contributed by atoms with E-state index in [1.807, 2.05) is 30.7 Å². The van der Waals surface area contributed by atoms with Crippen LogP contribution in [0.3, 0.4) is 0 Å². The Balaban J connectivity index is 1.38. The predicted octanol–water partition coefficient (Wildman–Crippen LogP) is 3.65. The van der Waals surface area contributed by atoms with Gasteiger partial charge in [-0.25, -0.2) is 4.98 Å². The van der Waals surface area contributed by atoms with Crippen LogP contribution in [0.15, 0.2) is 42.5 Å². The van der Waals surface area contributed by atoms with Crippen LogP contribution in [0.1, 0.15) is 24.4 Å². The van der Waals surface area contributed by atoms with Gasteiger partial charge in [-0.1, -0.05) is 11.6 Å². The molecule has 1 aromatic heterocycles. The maximum Gasteiger partial charge on any atom is 0.127 e. The van der Waals surface area contributed by atoms with Crippen molar-refractivity contribution in [2.24, 2.45) is 0 Å². The Morgan fingerprint density at radius 1 is 1.26 bits per heavy atom. The molecule has 4 nitrogen and oxygen atoms in total. The molecule has 0 unspecified atom stereocenters. The lowest BCUT2D eigenvalue weighted by molar-refractivity contribution is 0.193. The predicted molar refractivity (Wildman–Crippen MR) is 91.9 cm³/mol. The molecular weight excluding hydrogens is 310 g/mol. The first-order chi connectivity index (χ1) is 11.3. The Morgan fingerprint density at radius 2 is 2.13 bits per heavy atom. The number of imidazole rings is 1. The largest absolute Gasteiger partial charge is 0.489 e. The number of fused-ring (bicyclic) bond motifs is 1. The average molecular weight is 330 g/mol. The minimum absolute atomic E-state index is 0.588. The van der Waals surface area contributed by atoms with Gasteiger partial charge in [0.05, 0.1) is 6.33 Å². The summed E-state index contributed by atoms with van der Waals surface area (Å²) in [5, 5.41) is 0.756. The van der Waals surface area contributed by atoms with Gasteiger partial charge < -0.3 is 9.30 Å². The van der Waals surface area contributed by atoms with E-state index in [4.69, 9.17) is 16.3 Å². The molecule has 1 fully saturated rings. The third-order valence-corrected chi connectivity index (χ3v) is 4.91. The Morgan fingerprint density at radius 3 is 2.91 bits per heavy atom. The van der Waals surface area contributed by atoms with E-state index in [0.29, 0.717) is 12.6 Å². The minimum atomic E-state index is 0.588. The number of rotatable bonds is 3. The number of hydrogen-bond donors (Lipinski definition) is 0. The number of benzene rings is 1. The summed E-state index contributed by atoms with van der Waals surface area (Å²) >= 11 is 6.08. The highest BCUT2D eigenvalue weighted by Crippen LogP contribution is 2.30. The summed E-state index contributed by atoms with van der Waals surface area (Å²) in [7, 11) is 0. The van der Waals surface area contributed by atoms with Gasteiger partial charge in [-0.2, -0.15) is 0 Å². The SMILES string of the molecule is Clc1ccc2c(c1)C=C(CN1CCC(n3ccnc3)CC1)CO2. The number of piperidine rings is 1. The molecule has 2 aromatic rings. The van der Waals surface area contributed by atoms with E-state index in [0.717, 1.165) is 36.0 Å². The molecule has 3 heterocycles. The van der Waals surface area contributed by atoms with Crippen molar-refractivity contribution in [1.82, 2.24) is 14.5 Å². The maximum absolute atomic E-state index is 6.08. The molecule has 0 amide bonds. The molecule has 0 radical (unpaired) electrons. The molecule has 5 heteroatoms. The van der Waals surface area contributed by atoms with Crippen LogP contribution >= 0.6 is 11.6 Å². The highest BCUT2D eigenvalue weighted by molar-refractivity contribution is 6.30. The fourth-order valence-electron chi connectivity index (χ4n) is 3.44. The second-order valence-corrected chi connectivity index (χ2v) is 6.73. The topological polar surface area (TPSA) is 30.3 Å². The van der Waals surface area contributed by atoms with E-state index >= 15 is 0 Å². The lowest BCUT2D eigenvalue weighted by atomic mass is 10.0. The maximum atomic E-state index is 6.08. The van der Waals surface area contributed by atoms with Crippen molar-refractivity contribution in [3.63, 3.8) is 0 Å². The average Bonchev–Trinajstić information content (AvgIpc) is 3.10. The fraction of sp³-hybridized carbons (Fsp3) is 0.389. The second kappa shape index (κ2) is 6.38. The molecule has 2 aliphatic rings. The van der Waals surface area contributed by atoms with E-state index < -0.39 is 0 Å². The van der Waals surface area contributed by atoms with Gasteiger partial charge in [0, 0.05) is 48.7 Å². The van der Waals surface area contributed by atoms with Crippen molar-refractivity contribution in [2.75, 3.05) is 26.2 Å². The first-order valence-electron chi connectivity index (χ1n) is 8.09. The number of ether oxygens (including phenoxy) is 1. The zero-order valence-corrected chi connectivity index (χ0v) is 13.7. The summed E-state index contributed by atoms with van der Waals surface area (Å²) in [4.78, 5) is 6.66. The third kappa shape index (κ3) is 3.28. The zero-order valence-electron chi connectivity index (χ0n) is 13.0. The lowest BCUT2D eigenvalue weighted by Crippen LogP contribution is -2.36. The second-order valence-electron chi connectivity index (χ2n) is 6.29. The highest BCUT2D eigenvalue weighted by atomic mass is 35.5. The molecule has 23 heavy (non-hydrogen) atoms. The van der Waals surface area contributed by atoms with Crippen molar-refractivity contribution in [2.45, 2.75) is 18.9 Å². The Hall–Kier alpha value is -1.78. The van der Waals surface area contributed by atoms with Crippen molar-refractivity contribution in [3.05, 3.63) is 53.1 Å². The van der Waals surface area contributed by atoms with E-state index in [-0.39, 0.29) is 0 Å². The summed E-state index contributed by atoms with van der Waals surface area (Å²) < 4.78 is 8.08. The smallest absolute Gasteiger partial charge is 0.127 e. The van der Waals surface area contributed by atoms with E-state index in [2.05, 4.69) is 26.7 Å². The molecule has 1 aromatic carbocycles. The number of hydrogen-bond acceptors (Lipinski definition) is 3. The van der Waals surface area contributed by atoms with E-state index in [1.54, 1.807) is 0 Å². The number of aromatic nitrogens is 2. The summed E-state index contributed by atoms with van der Waals surface area (Å²) in [5.41, 5.74) is 2.41. The molecule has 1 saturated heterocycles. The number of likely N-dealkylation sites (tertiary alicyclic amines) is 1. The Bertz CT molecular complexity index is 703. The van der Waals surface area contributed by atoms with Crippen LogP contribution in [-0.4, -0.2) is 40.7 Å². The normalized spacial score (nSPS) is 19.1. The quantitative estimate of drug-likeness (QED) is 0.861. The molecule has 0 N–H and O–H groups in total. The van der Waals surface area contributed by atoms with Crippen LogP contribution in [0, 0.1) is 0 Å². The van der Waals surface area contributed by atoms with Gasteiger partial charge in [0.1, 0.15) is 12.4 Å². The van der Waals surface area contributed by atoms with Gasteiger partial charge in [0.25, 0.3) is 0 Å². The van der Waals surface area contributed by atoms with Crippen LogP contribution in [0.4, 0.5) is 0 Å². The molecule has 0 spiro atoms. The van der Waals surface area contributed by atoms with Crippen molar-refractivity contribution >= 4 is 17.7 Å². The standard InChI is InChI=1S/C18H20ClN3O/c19-16-1-2-18-15(10-16)9-14(12-23-18)11-21-6-3-17(4-7-21)22-8-5-20-13-22/h1-2,5,8-10,13,17H,3-4,6-7,11-12H2. The van der Waals surface area contributed by atoms with E-state index in [9.17, 15) is 0 Å².